The van der Waals surface area contributed by atoms with Crippen LogP contribution >= 0.6 is 11.8 Å². The van der Waals surface area contributed by atoms with Gasteiger partial charge in [-0.2, -0.15) is 0 Å². The normalized spacial score (nSPS) is 11.9. The molecule has 110 valence electrons. The van der Waals surface area contributed by atoms with Gasteiger partial charge in [-0.3, -0.25) is 9.78 Å². The second-order valence-electron chi connectivity index (χ2n) is 5.03. The zero-order chi connectivity index (χ0) is 15.1. The summed E-state index contributed by atoms with van der Waals surface area (Å²) in [5.41, 5.74) is 3.39. The van der Waals surface area contributed by atoms with Crippen LogP contribution in [0, 0.1) is 6.92 Å². The molecular weight excluding hydrogens is 280 g/mol. The number of rotatable bonds is 6. The summed E-state index contributed by atoms with van der Waals surface area (Å²) in [7, 11) is 0. The Balaban J connectivity index is 1.75. The highest BCUT2D eigenvalue weighted by Gasteiger charge is 2.10. The van der Waals surface area contributed by atoms with Crippen molar-refractivity contribution in [1.29, 1.82) is 0 Å². The lowest BCUT2D eigenvalue weighted by atomic mass is 10.2. The van der Waals surface area contributed by atoms with Gasteiger partial charge in [0.05, 0.1) is 17.5 Å². The standard InChI is InChI=1S/C17H20N2OS/c1-13-6-5-7-15(10-13)11-21-12-17(20)19-14(2)16-8-3-4-9-18-16/h3-10,14H,11-12H2,1-2H3,(H,19,20). The number of benzene rings is 1. The van der Waals surface area contributed by atoms with Crippen molar-refractivity contribution >= 4 is 17.7 Å². The minimum atomic E-state index is -0.0572. The molecule has 0 saturated heterocycles. The Bertz CT molecular complexity index is 586. The van der Waals surface area contributed by atoms with E-state index in [2.05, 4.69) is 41.5 Å². The molecule has 0 radical (unpaired) electrons. The molecule has 1 heterocycles. The van der Waals surface area contributed by atoms with Crippen molar-refractivity contribution in [1.82, 2.24) is 10.3 Å². The van der Waals surface area contributed by atoms with E-state index < -0.39 is 0 Å². The average molecular weight is 300 g/mol. The van der Waals surface area contributed by atoms with Crippen molar-refractivity contribution in [3.05, 3.63) is 65.5 Å². The van der Waals surface area contributed by atoms with Crippen LogP contribution in [0.15, 0.2) is 48.7 Å². The van der Waals surface area contributed by atoms with Crippen LogP contribution < -0.4 is 5.32 Å². The van der Waals surface area contributed by atoms with E-state index in [1.54, 1.807) is 18.0 Å². The first-order valence-electron chi connectivity index (χ1n) is 6.99. The summed E-state index contributed by atoms with van der Waals surface area (Å²) >= 11 is 1.63. The molecule has 0 saturated carbocycles. The topological polar surface area (TPSA) is 42.0 Å². The van der Waals surface area contributed by atoms with Gasteiger partial charge in [-0.1, -0.05) is 35.9 Å². The molecule has 1 atom stereocenters. The summed E-state index contributed by atoms with van der Waals surface area (Å²) in [4.78, 5) is 16.2. The van der Waals surface area contributed by atoms with Crippen LogP contribution in [0.2, 0.25) is 0 Å². The largest absolute Gasteiger partial charge is 0.347 e. The van der Waals surface area contributed by atoms with Crippen molar-refractivity contribution in [3.8, 4) is 0 Å². The summed E-state index contributed by atoms with van der Waals surface area (Å²) in [6, 6.07) is 14.0. The second-order valence-corrected chi connectivity index (χ2v) is 6.01. The maximum Gasteiger partial charge on any atom is 0.230 e. The van der Waals surface area contributed by atoms with E-state index in [-0.39, 0.29) is 11.9 Å². The smallest absolute Gasteiger partial charge is 0.230 e. The molecule has 0 spiro atoms. The van der Waals surface area contributed by atoms with Gasteiger partial charge in [-0.05, 0) is 31.5 Å². The number of hydrogen-bond acceptors (Lipinski definition) is 3. The number of nitrogens with one attached hydrogen (secondary N) is 1. The molecule has 0 aliphatic rings. The average Bonchev–Trinajstić information content (AvgIpc) is 2.48. The maximum absolute atomic E-state index is 11.9. The molecule has 1 unspecified atom stereocenters. The Labute approximate surface area is 130 Å². The molecule has 0 aliphatic carbocycles. The molecule has 0 aliphatic heterocycles. The van der Waals surface area contributed by atoms with E-state index in [0.29, 0.717) is 5.75 Å². The summed E-state index contributed by atoms with van der Waals surface area (Å²) in [5, 5.41) is 2.97. The third-order valence-electron chi connectivity index (χ3n) is 3.09. The van der Waals surface area contributed by atoms with Gasteiger partial charge in [0.15, 0.2) is 0 Å². The molecular formula is C17H20N2OS. The maximum atomic E-state index is 11.9. The quantitative estimate of drug-likeness (QED) is 0.888. The van der Waals surface area contributed by atoms with Gasteiger partial charge in [0.2, 0.25) is 5.91 Å². The van der Waals surface area contributed by atoms with Crippen LogP contribution in [0.5, 0.6) is 0 Å². The monoisotopic (exact) mass is 300 g/mol. The lowest BCUT2D eigenvalue weighted by Gasteiger charge is -2.13. The first-order valence-corrected chi connectivity index (χ1v) is 8.14. The van der Waals surface area contributed by atoms with Gasteiger partial charge in [-0.25, -0.2) is 0 Å². The van der Waals surface area contributed by atoms with Crippen molar-refractivity contribution in [3.63, 3.8) is 0 Å². The predicted octanol–water partition coefficient (Wildman–Crippen LogP) is 3.50. The van der Waals surface area contributed by atoms with Gasteiger partial charge in [0.25, 0.3) is 0 Å². The molecule has 1 N–H and O–H groups in total. The number of carbonyl (C=O) groups is 1. The SMILES string of the molecule is Cc1cccc(CSCC(=O)NC(C)c2ccccn2)c1. The highest BCUT2D eigenvalue weighted by atomic mass is 32.2. The van der Waals surface area contributed by atoms with Gasteiger partial charge in [-0.15, -0.1) is 11.8 Å². The Morgan fingerprint density at radius 1 is 1.29 bits per heavy atom. The van der Waals surface area contributed by atoms with Gasteiger partial charge >= 0.3 is 0 Å². The molecule has 1 amide bonds. The lowest BCUT2D eigenvalue weighted by Crippen LogP contribution is -2.28. The molecule has 2 rings (SSSR count). The van der Waals surface area contributed by atoms with E-state index in [1.807, 2.05) is 25.1 Å². The van der Waals surface area contributed by atoms with Crippen molar-refractivity contribution in [2.45, 2.75) is 25.6 Å². The Morgan fingerprint density at radius 2 is 2.14 bits per heavy atom. The van der Waals surface area contributed by atoms with Gasteiger partial charge in [0.1, 0.15) is 0 Å². The van der Waals surface area contributed by atoms with E-state index in [9.17, 15) is 4.79 Å². The van der Waals surface area contributed by atoms with E-state index in [1.165, 1.54) is 11.1 Å². The highest BCUT2D eigenvalue weighted by Crippen LogP contribution is 2.14. The first-order chi connectivity index (χ1) is 10.1. The Kier molecular flexibility index (Phi) is 5.81. The molecule has 3 nitrogen and oxygen atoms in total. The fourth-order valence-electron chi connectivity index (χ4n) is 2.05. The number of pyridine rings is 1. The summed E-state index contributed by atoms with van der Waals surface area (Å²) in [6.45, 7) is 4.03. The van der Waals surface area contributed by atoms with Crippen LogP contribution in [-0.2, 0) is 10.5 Å². The second kappa shape index (κ2) is 7.84. The van der Waals surface area contributed by atoms with Gasteiger partial charge in [0, 0.05) is 11.9 Å². The number of aromatic nitrogens is 1. The van der Waals surface area contributed by atoms with Crippen molar-refractivity contribution in [2.24, 2.45) is 0 Å². The van der Waals surface area contributed by atoms with Crippen molar-refractivity contribution < 1.29 is 4.79 Å². The molecule has 4 heteroatoms. The highest BCUT2D eigenvalue weighted by molar-refractivity contribution is 7.99. The Morgan fingerprint density at radius 3 is 2.86 bits per heavy atom. The number of carbonyl (C=O) groups excluding carboxylic acids is 1. The number of nitrogens with zero attached hydrogens (tertiary/aromatic N) is 1. The third kappa shape index (κ3) is 5.23. The minimum absolute atomic E-state index is 0.0470. The van der Waals surface area contributed by atoms with Crippen LogP contribution in [0.25, 0.3) is 0 Å². The van der Waals surface area contributed by atoms with Crippen LogP contribution in [0.3, 0.4) is 0 Å². The van der Waals surface area contributed by atoms with Crippen LogP contribution in [-0.4, -0.2) is 16.6 Å². The molecule has 0 bridgehead atoms. The third-order valence-corrected chi connectivity index (χ3v) is 4.10. The number of aryl methyl sites for hydroxylation is 1. The fourth-order valence-corrected chi connectivity index (χ4v) is 2.84. The molecule has 0 fully saturated rings. The van der Waals surface area contributed by atoms with Gasteiger partial charge < -0.3 is 5.32 Å². The first kappa shape index (κ1) is 15.6. The van der Waals surface area contributed by atoms with E-state index in [4.69, 9.17) is 0 Å². The molecule has 21 heavy (non-hydrogen) atoms. The molecule has 1 aromatic heterocycles. The zero-order valence-electron chi connectivity index (χ0n) is 12.4. The molecule has 1 aromatic carbocycles. The lowest BCUT2D eigenvalue weighted by molar-refractivity contribution is -0.119. The summed E-state index contributed by atoms with van der Waals surface area (Å²) in [6.07, 6.45) is 1.74. The molecule has 2 aromatic rings. The van der Waals surface area contributed by atoms with Crippen LogP contribution in [0.4, 0.5) is 0 Å². The fraction of sp³-hybridized carbons (Fsp3) is 0.294. The summed E-state index contributed by atoms with van der Waals surface area (Å²) < 4.78 is 0. The summed E-state index contributed by atoms with van der Waals surface area (Å²) in [5.74, 6) is 1.36. The van der Waals surface area contributed by atoms with E-state index in [0.717, 1.165) is 11.4 Å². The van der Waals surface area contributed by atoms with E-state index >= 15 is 0 Å². The number of amides is 1. The number of hydrogen-bond donors (Lipinski definition) is 1. The van der Waals surface area contributed by atoms with Crippen molar-refractivity contribution in [2.75, 3.05) is 5.75 Å². The predicted molar refractivity (Wildman–Crippen MR) is 88.1 cm³/mol. The zero-order valence-corrected chi connectivity index (χ0v) is 13.2. The minimum Gasteiger partial charge on any atom is -0.347 e. The Hall–Kier alpha value is -1.81. The van der Waals surface area contributed by atoms with Crippen LogP contribution in [0.1, 0.15) is 29.8 Å². The number of thioether (sulfide) groups is 1.